The monoisotopic (exact) mass is 786 g/mol. The maximum absolute atomic E-state index is 15.1. The van der Waals surface area contributed by atoms with Gasteiger partial charge in [-0.2, -0.15) is 17.6 Å². The van der Waals surface area contributed by atoms with E-state index in [0.717, 1.165) is 11.6 Å². The second-order valence-electron chi connectivity index (χ2n) is 15.3. The molecule has 0 aliphatic carbocycles. The van der Waals surface area contributed by atoms with Crippen LogP contribution in [-0.4, -0.2) is 44.9 Å². The van der Waals surface area contributed by atoms with Gasteiger partial charge in [0.15, 0.2) is 5.78 Å². The number of benzene rings is 3. The van der Waals surface area contributed by atoms with Crippen molar-refractivity contribution in [1.29, 1.82) is 0 Å². The van der Waals surface area contributed by atoms with Crippen LogP contribution in [0.25, 0.3) is 22.3 Å². The molecule has 0 aliphatic rings. The van der Waals surface area contributed by atoms with E-state index in [4.69, 9.17) is 20.9 Å². The largest absolute Gasteiger partial charge is 0.455 e. The number of nitrogen functional groups attached to an aromatic ring is 1. The van der Waals surface area contributed by atoms with Crippen molar-refractivity contribution in [3.05, 3.63) is 138 Å². The summed E-state index contributed by atoms with van der Waals surface area (Å²) in [5, 5.41) is 0. The molecule has 0 spiro atoms. The maximum atomic E-state index is 15.1. The number of rotatable bonds is 11. The van der Waals surface area contributed by atoms with Crippen molar-refractivity contribution < 1.29 is 41.4 Å². The molecule has 2 aromatic heterocycles. The number of nitrogens with two attached hydrogens (primary N) is 2. The summed E-state index contributed by atoms with van der Waals surface area (Å²) in [6.07, 6.45) is 6.35. The van der Waals surface area contributed by atoms with E-state index in [2.05, 4.69) is 9.97 Å². The highest BCUT2D eigenvalue weighted by molar-refractivity contribution is 5.87. The normalized spacial score (nSPS) is 12.5. The molecule has 0 unspecified atom stereocenters. The topological polar surface area (TPSA) is 147 Å². The lowest BCUT2D eigenvalue weighted by molar-refractivity contribution is -0.185. The number of hydrogen-bond donors (Lipinski definition) is 2. The van der Waals surface area contributed by atoms with Crippen molar-refractivity contribution in [2.24, 2.45) is 5.73 Å². The average Bonchev–Trinajstić information content (AvgIpc) is 3.14. The number of halogens is 4. The first-order valence-corrected chi connectivity index (χ1v) is 18.0. The molecule has 9 nitrogen and oxygen atoms in total. The number of anilines is 1. The predicted molar refractivity (Wildman–Crippen MR) is 210 cm³/mol. The van der Waals surface area contributed by atoms with Crippen molar-refractivity contribution in [3.63, 3.8) is 0 Å². The molecule has 0 bridgehead atoms. The third kappa shape index (κ3) is 12.5. The third-order valence-corrected chi connectivity index (χ3v) is 8.10. The van der Waals surface area contributed by atoms with Crippen LogP contribution in [-0.2, 0) is 48.5 Å². The summed E-state index contributed by atoms with van der Waals surface area (Å²) < 4.78 is 68.9. The quantitative estimate of drug-likeness (QED) is 0.0763. The van der Waals surface area contributed by atoms with Crippen LogP contribution in [0.3, 0.4) is 0 Å². The van der Waals surface area contributed by atoms with Gasteiger partial charge in [0, 0.05) is 48.0 Å². The number of esters is 2. The number of pyridine rings is 2. The number of nitrogens with zero attached hydrogens (tertiary/aromatic N) is 2. The van der Waals surface area contributed by atoms with Crippen LogP contribution >= 0.6 is 0 Å². The van der Waals surface area contributed by atoms with Crippen LogP contribution in [0.4, 0.5) is 23.2 Å². The van der Waals surface area contributed by atoms with Gasteiger partial charge in [-0.1, -0.05) is 36.4 Å². The summed E-state index contributed by atoms with van der Waals surface area (Å²) in [7, 11) is 0. The molecule has 0 saturated heterocycles. The van der Waals surface area contributed by atoms with Gasteiger partial charge in [0.05, 0.1) is 6.04 Å². The van der Waals surface area contributed by atoms with Gasteiger partial charge < -0.3 is 20.9 Å². The van der Waals surface area contributed by atoms with E-state index in [1.807, 2.05) is 30.3 Å². The fraction of sp³-hybridized carbons (Fsp3) is 0.295. The van der Waals surface area contributed by atoms with Gasteiger partial charge in [-0.05, 0) is 136 Å². The Morgan fingerprint density at radius 3 is 1.49 bits per heavy atom. The Kier molecular flexibility index (Phi) is 13.7. The lowest BCUT2D eigenvalue weighted by Crippen LogP contribution is -2.35. The molecular formula is C44H46F4N4O5. The molecule has 0 fully saturated rings. The summed E-state index contributed by atoms with van der Waals surface area (Å²) >= 11 is 0. The third-order valence-electron chi connectivity index (χ3n) is 8.10. The average molecular weight is 787 g/mol. The van der Waals surface area contributed by atoms with Gasteiger partial charge in [0.1, 0.15) is 11.2 Å². The number of Topliss-reactive ketones (excluding diaryl/α,β-unsaturated/α-hetero) is 1. The Balaban J connectivity index is 0.000000273. The minimum atomic E-state index is -3.90. The van der Waals surface area contributed by atoms with Crippen molar-refractivity contribution in [1.82, 2.24) is 9.97 Å². The Hall–Kier alpha value is -5.95. The Bertz CT molecular complexity index is 2160. The number of ketones is 1. The second kappa shape index (κ2) is 17.9. The highest BCUT2D eigenvalue weighted by Crippen LogP contribution is 2.37. The molecule has 13 heteroatoms. The minimum Gasteiger partial charge on any atom is -0.455 e. The van der Waals surface area contributed by atoms with Gasteiger partial charge in [-0.3, -0.25) is 14.8 Å². The van der Waals surface area contributed by atoms with Crippen LogP contribution in [0.15, 0.2) is 116 Å². The van der Waals surface area contributed by atoms with E-state index in [9.17, 15) is 23.2 Å². The summed E-state index contributed by atoms with van der Waals surface area (Å²) in [5.74, 6) is -11.2. The molecule has 4 N–H and O–H groups in total. The van der Waals surface area contributed by atoms with Gasteiger partial charge >= 0.3 is 23.8 Å². The molecule has 57 heavy (non-hydrogen) atoms. The molecule has 5 aromatic rings. The highest BCUT2D eigenvalue weighted by atomic mass is 19.3. The molecule has 0 saturated carbocycles. The first-order chi connectivity index (χ1) is 26.5. The maximum Gasteiger partial charge on any atom is 0.382 e. The number of carbonyl (C=O) groups excluding carboxylic acids is 3. The van der Waals surface area contributed by atoms with Crippen molar-refractivity contribution in [2.75, 3.05) is 5.73 Å². The van der Waals surface area contributed by atoms with Crippen molar-refractivity contribution >= 4 is 23.4 Å². The number of carbonyl (C=O) groups is 3. The Morgan fingerprint density at radius 1 is 0.596 bits per heavy atom. The summed E-state index contributed by atoms with van der Waals surface area (Å²) in [5.41, 5.74) is 12.3. The number of ether oxygens (including phenoxy) is 2. The fourth-order valence-corrected chi connectivity index (χ4v) is 5.46. The summed E-state index contributed by atoms with van der Waals surface area (Å²) in [6, 6.07) is 23.1. The predicted octanol–water partition coefficient (Wildman–Crippen LogP) is 8.63. The molecule has 5 rings (SSSR count). The van der Waals surface area contributed by atoms with Crippen LogP contribution in [0.2, 0.25) is 0 Å². The van der Waals surface area contributed by atoms with Gasteiger partial charge in [-0.15, -0.1) is 0 Å². The van der Waals surface area contributed by atoms with E-state index in [1.54, 1.807) is 48.8 Å². The SMILES string of the molecule is CC(C)(C)OC(=O)C(F)(F)c1cc(CC(=O)[C@@H](N)Cc2ccccc2)cc(-c2ccncc2)c1.CC(C)(C)OC(=O)C(F)(F)c1cc(N)cc(-c2ccncc2)c1. The standard InChI is InChI=1S/C27H28F2N2O3.C17H18F2N2O2/c1-26(2,3)34-25(33)27(28,29)22-14-19(13-21(17-22)20-9-11-31-12-10-20)16-24(32)23(30)15-18-7-5-4-6-8-18;1-16(2,3)23-15(22)17(18,19)13-8-12(9-14(20)10-13)11-4-6-21-7-5-11/h4-14,17,23H,15-16,30H2,1-3H3;4-10H,20H2,1-3H3/t23-;/m0./s1. The Labute approximate surface area is 329 Å². The lowest BCUT2D eigenvalue weighted by Gasteiger charge is -2.24. The zero-order chi connectivity index (χ0) is 42.2. The van der Waals surface area contributed by atoms with Crippen LogP contribution in [0.1, 0.15) is 63.8 Å². The van der Waals surface area contributed by atoms with E-state index >= 15 is 8.78 Å². The van der Waals surface area contributed by atoms with E-state index in [0.29, 0.717) is 34.2 Å². The Morgan fingerprint density at radius 2 is 1.04 bits per heavy atom. The molecule has 0 amide bonds. The van der Waals surface area contributed by atoms with Gasteiger partial charge in [0.2, 0.25) is 0 Å². The zero-order valence-corrected chi connectivity index (χ0v) is 32.6. The first kappa shape index (κ1) is 43.8. The first-order valence-electron chi connectivity index (χ1n) is 18.0. The van der Waals surface area contributed by atoms with Crippen molar-refractivity contribution in [2.45, 2.75) is 83.5 Å². The van der Waals surface area contributed by atoms with Crippen LogP contribution < -0.4 is 11.5 Å². The second-order valence-corrected chi connectivity index (χ2v) is 15.3. The lowest BCUT2D eigenvalue weighted by atomic mass is 9.93. The molecular weight excluding hydrogens is 740 g/mol. The number of alkyl halides is 4. The van der Waals surface area contributed by atoms with E-state index in [1.165, 1.54) is 72.1 Å². The smallest absolute Gasteiger partial charge is 0.382 e. The summed E-state index contributed by atoms with van der Waals surface area (Å²) in [4.78, 5) is 44.8. The van der Waals surface area contributed by atoms with Crippen LogP contribution in [0.5, 0.6) is 0 Å². The highest BCUT2D eigenvalue weighted by Gasteiger charge is 2.46. The number of aromatic nitrogens is 2. The molecule has 1 atom stereocenters. The minimum absolute atomic E-state index is 0.137. The molecule has 0 aliphatic heterocycles. The molecule has 0 radical (unpaired) electrons. The van der Waals surface area contributed by atoms with Crippen molar-refractivity contribution in [3.8, 4) is 22.3 Å². The molecule has 3 aromatic carbocycles. The summed E-state index contributed by atoms with van der Waals surface area (Å²) in [6.45, 7) is 9.15. The molecule has 2 heterocycles. The van der Waals surface area contributed by atoms with Gasteiger partial charge in [-0.25, -0.2) is 9.59 Å². The molecule has 300 valence electrons. The number of hydrogen-bond acceptors (Lipinski definition) is 9. The fourth-order valence-electron chi connectivity index (χ4n) is 5.46. The zero-order valence-electron chi connectivity index (χ0n) is 32.6. The van der Waals surface area contributed by atoms with E-state index in [-0.39, 0.29) is 17.9 Å². The van der Waals surface area contributed by atoms with Gasteiger partial charge in [0.25, 0.3) is 0 Å². The van der Waals surface area contributed by atoms with E-state index < -0.39 is 52.2 Å². The van der Waals surface area contributed by atoms with Crippen LogP contribution in [0, 0.1) is 0 Å².